The van der Waals surface area contributed by atoms with Crippen LogP contribution >= 0.6 is 11.6 Å². The van der Waals surface area contributed by atoms with Gasteiger partial charge >= 0.3 is 0 Å². The van der Waals surface area contributed by atoms with Crippen molar-refractivity contribution in [3.8, 4) is 0 Å². The third-order valence-electron chi connectivity index (χ3n) is 2.37. The number of nitrogens with one attached hydrogen (secondary N) is 3. The van der Waals surface area contributed by atoms with E-state index in [4.69, 9.17) is 16.7 Å². The molecule has 0 aromatic carbocycles. The quantitative estimate of drug-likeness (QED) is 0.539. The standard InChI is InChI=1S/C11H19ClN4O2/c1-2-3-4-5-13-9-8(15-11(12)16-9)10(18)14-6-7-17/h13,17H,2-7H2,1H3,(H,14,18)(H,15,16). The molecule has 0 bridgehead atoms. The number of H-pyrrole nitrogens is 1. The van der Waals surface area contributed by atoms with Crippen LogP contribution < -0.4 is 10.6 Å². The van der Waals surface area contributed by atoms with Gasteiger partial charge in [0.15, 0.2) is 5.82 Å². The predicted molar refractivity (Wildman–Crippen MR) is 71.0 cm³/mol. The largest absolute Gasteiger partial charge is 0.395 e. The Morgan fingerprint density at radius 2 is 2.22 bits per heavy atom. The average molecular weight is 275 g/mol. The van der Waals surface area contributed by atoms with Gasteiger partial charge in [0.1, 0.15) is 5.69 Å². The van der Waals surface area contributed by atoms with Gasteiger partial charge in [-0.05, 0) is 18.0 Å². The molecule has 1 amide bonds. The number of unbranched alkanes of at least 4 members (excludes halogenated alkanes) is 2. The van der Waals surface area contributed by atoms with E-state index >= 15 is 0 Å². The smallest absolute Gasteiger partial charge is 0.271 e. The number of carbonyl (C=O) groups is 1. The van der Waals surface area contributed by atoms with Crippen LogP contribution in [0.4, 0.5) is 5.82 Å². The summed E-state index contributed by atoms with van der Waals surface area (Å²) in [5, 5.41) is 14.4. The molecule has 0 saturated carbocycles. The molecule has 6 nitrogen and oxygen atoms in total. The molecule has 1 heterocycles. The molecular weight excluding hydrogens is 256 g/mol. The molecule has 0 radical (unpaired) electrons. The van der Waals surface area contributed by atoms with Crippen molar-refractivity contribution in [2.45, 2.75) is 26.2 Å². The zero-order valence-electron chi connectivity index (χ0n) is 10.4. The lowest BCUT2D eigenvalue weighted by Gasteiger charge is -2.06. The van der Waals surface area contributed by atoms with Gasteiger partial charge in [0, 0.05) is 13.1 Å². The van der Waals surface area contributed by atoms with E-state index in [1.807, 2.05) is 0 Å². The molecule has 4 N–H and O–H groups in total. The van der Waals surface area contributed by atoms with Crippen LogP contribution in [0.5, 0.6) is 0 Å². The van der Waals surface area contributed by atoms with Crippen LogP contribution in [0.3, 0.4) is 0 Å². The van der Waals surface area contributed by atoms with Gasteiger partial charge in [-0.25, -0.2) is 4.98 Å². The van der Waals surface area contributed by atoms with E-state index in [1.165, 1.54) is 0 Å². The van der Waals surface area contributed by atoms with Crippen LogP contribution in [0.25, 0.3) is 0 Å². The fraction of sp³-hybridized carbons (Fsp3) is 0.636. The van der Waals surface area contributed by atoms with Crippen LogP contribution in [-0.2, 0) is 0 Å². The minimum Gasteiger partial charge on any atom is -0.395 e. The van der Waals surface area contributed by atoms with Crippen molar-refractivity contribution in [2.24, 2.45) is 0 Å². The highest BCUT2D eigenvalue weighted by molar-refractivity contribution is 6.28. The normalized spacial score (nSPS) is 10.4. The summed E-state index contributed by atoms with van der Waals surface area (Å²) in [6.45, 7) is 2.96. The first kappa shape index (κ1) is 14.8. The number of aromatic amines is 1. The van der Waals surface area contributed by atoms with Crippen LogP contribution in [-0.4, -0.2) is 40.7 Å². The second kappa shape index (κ2) is 7.94. The molecular formula is C11H19ClN4O2. The van der Waals surface area contributed by atoms with E-state index in [0.717, 1.165) is 25.8 Å². The number of aromatic nitrogens is 2. The van der Waals surface area contributed by atoms with Gasteiger partial charge in [-0.3, -0.25) is 4.79 Å². The first-order chi connectivity index (χ1) is 8.69. The Labute approximate surface area is 111 Å². The minimum absolute atomic E-state index is 0.104. The van der Waals surface area contributed by atoms with Gasteiger partial charge in [0.2, 0.25) is 5.28 Å². The minimum atomic E-state index is -0.332. The van der Waals surface area contributed by atoms with E-state index in [9.17, 15) is 4.79 Å². The fourth-order valence-electron chi connectivity index (χ4n) is 1.48. The summed E-state index contributed by atoms with van der Waals surface area (Å²) in [5.74, 6) is 0.119. The number of nitrogens with zero attached hydrogens (tertiary/aromatic N) is 1. The molecule has 7 heteroatoms. The third kappa shape index (κ3) is 4.54. The number of aliphatic hydroxyl groups is 1. The Morgan fingerprint density at radius 1 is 1.44 bits per heavy atom. The number of hydrogen-bond donors (Lipinski definition) is 4. The van der Waals surface area contributed by atoms with Crippen molar-refractivity contribution < 1.29 is 9.90 Å². The van der Waals surface area contributed by atoms with Gasteiger partial charge in [-0.2, -0.15) is 0 Å². The third-order valence-corrected chi connectivity index (χ3v) is 2.55. The second-order valence-corrected chi connectivity index (χ2v) is 4.22. The number of carbonyl (C=O) groups excluding carboxylic acids is 1. The van der Waals surface area contributed by atoms with Crippen molar-refractivity contribution in [1.82, 2.24) is 15.3 Å². The molecule has 1 aromatic rings. The maximum atomic E-state index is 11.7. The number of halogens is 1. The SMILES string of the molecule is CCCCCNc1nc(Cl)[nH]c1C(=O)NCCO. The number of hydrogen-bond acceptors (Lipinski definition) is 4. The molecule has 1 aromatic heterocycles. The summed E-state index contributed by atoms with van der Waals surface area (Å²) in [6.07, 6.45) is 3.27. The van der Waals surface area contributed by atoms with Crippen molar-refractivity contribution in [3.05, 3.63) is 11.0 Å². The molecule has 0 aliphatic carbocycles. The topological polar surface area (TPSA) is 90.0 Å². The van der Waals surface area contributed by atoms with Gasteiger partial charge in [-0.1, -0.05) is 19.8 Å². The molecule has 0 fully saturated rings. The van der Waals surface area contributed by atoms with Crippen LogP contribution in [0.1, 0.15) is 36.7 Å². The zero-order chi connectivity index (χ0) is 13.4. The van der Waals surface area contributed by atoms with Crippen molar-refractivity contribution >= 4 is 23.3 Å². The molecule has 0 saturated heterocycles. The van der Waals surface area contributed by atoms with E-state index < -0.39 is 0 Å². The molecule has 0 spiro atoms. The van der Waals surface area contributed by atoms with E-state index in [-0.39, 0.29) is 24.3 Å². The van der Waals surface area contributed by atoms with E-state index in [0.29, 0.717) is 11.5 Å². The predicted octanol–water partition coefficient (Wildman–Crippen LogP) is 1.39. The van der Waals surface area contributed by atoms with Crippen LogP contribution in [0.15, 0.2) is 0 Å². The number of amides is 1. The lowest BCUT2D eigenvalue weighted by Crippen LogP contribution is -2.27. The molecule has 0 unspecified atom stereocenters. The molecule has 0 aliphatic heterocycles. The summed E-state index contributed by atoms with van der Waals surface area (Å²) >= 11 is 5.75. The molecule has 18 heavy (non-hydrogen) atoms. The van der Waals surface area contributed by atoms with Crippen LogP contribution in [0, 0.1) is 0 Å². The molecule has 1 rings (SSSR count). The summed E-state index contributed by atoms with van der Waals surface area (Å²) in [7, 11) is 0. The maximum absolute atomic E-state index is 11.7. The highest BCUT2D eigenvalue weighted by atomic mass is 35.5. The van der Waals surface area contributed by atoms with Crippen molar-refractivity contribution in [2.75, 3.05) is 25.0 Å². The summed E-state index contributed by atoms with van der Waals surface area (Å²) in [5.41, 5.74) is 0.296. The first-order valence-electron chi connectivity index (χ1n) is 6.07. The fourth-order valence-corrected chi connectivity index (χ4v) is 1.66. The summed E-state index contributed by atoms with van der Waals surface area (Å²) < 4.78 is 0. The lowest BCUT2D eigenvalue weighted by atomic mass is 10.2. The highest BCUT2D eigenvalue weighted by Gasteiger charge is 2.15. The van der Waals surface area contributed by atoms with Crippen molar-refractivity contribution in [1.29, 1.82) is 0 Å². The average Bonchev–Trinajstić information content (AvgIpc) is 2.73. The van der Waals surface area contributed by atoms with E-state index in [1.54, 1.807) is 0 Å². The number of aliphatic hydroxyl groups excluding tert-OH is 1. The Bertz CT molecular complexity index is 381. The molecule has 0 aliphatic rings. The number of rotatable bonds is 8. The summed E-state index contributed by atoms with van der Waals surface area (Å²) in [4.78, 5) is 18.4. The Kier molecular flexibility index (Phi) is 6.53. The van der Waals surface area contributed by atoms with Gasteiger partial charge in [0.05, 0.1) is 6.61 Å². The van der Waals surface area contributed by atoms with Crippen molar-refractivity contribution in [3.63, 3.8) is 0 Å². The van der Waals surface area contributed by atoms with Crippen LogP contribution in [0.2, 0.25) is 5.28 Å². The summed E-state index contributed by atoms with van der Waals surface area (Å²) in [6, 6.07) is 0. The Hall–Kier alpha value is -1.27. The van der Waals surface area contributed by atoms with E-state index in [2.05, 4.69) is 27.5 Å². The first-order valence-corrected chi connectivity index (χ1v) is 6.45. The molecule has 0 atom stereocenters. The molecule has 102 valence electrons. The monoisotopic (exact) mass is 274 g/mol. The highest BCUT2D eigenvalue weighted by Crippen LogP contribution is 2.15. The number of imidazole rings is 1. The second-order valence-electron chi connectivity index (χ2n) is 3.86. The lowest BCUT2D eigenvalue weighted by molar-refractivity contribution is 0.0941. The van der Waals surface area contributed by atoms with Gasteiger partial charge < -0.3 is 20.7 Å². The number of anilines is 1. The Balaban J connectivity index is 2.58. The van der Waals surface area contributed by atoms with Gasteiger partial charge in [-0.15, -0.1) is 0 Å². The Morgan fingerprint density at radius 3 is 2.89 bits per heavy atom. The zero-order valence-corrected chi connectivity index (χ0v) is 11.2. The maximum Gasteiger partial charge on any atom is 0.271 e. The van der Waals surface area contributed by atoms with Gasteiger partial charge in [0.25, 0.3) is 5.91 Å².